The van der Waals surface area contributed by atoms with Gasteiger partial charge in [0, 0.05) is 0 Å². The highest BCUT2D eigenvalue weighted by atomic mass is 35.5. The number of carboxylic acids is 1. The zero-order valence-electron chi connectivity index (χ0n) is 9.96. The van der Waals surface area contributed by atoms with Gasteiger partial charge in [0.1, 0.15) is 0 Å². The molecule has 1 aromatic carbocycles. The Morgan fingerprint density at radius 2 is 1.57 bits per heavy atom. The van der Waals surface area contributed by atoms with Crippen LogP contribution in [0.2, 0.25) is 0 Å². The number of carboxylic acid groups (broad SMARTS) is 1. The molecule has 1 aromatic rings. The Kier molecular flexibility index (Phi) is 8.73. The molecule has 0 radical (unpaired) electrons. The van der Waals surface area contributed by atoms with Gasteiger partial charge < -0.3 is 10.5 Å². The van der Waals surface area contributed by atoms with Crippen LogP contribution in [0.3, 0.4) is 0 Å². The first-order valence-corrected chi connectivity index (χ1v) is 6.02. The molecule has 13 heteroatoms. The van der Waals surface area contributed by atoms with Crippen molar-refractivity contribution in [3.05, 3.63) is 24.3 Å². The zero-order chi connectivity index (χ0) is 16.0. The third-order valence-corrected chi connectivity index (χ3v) is 2.04. The molecule has 0 saturated carbocycles. The molecule has 0 unspecified atom stereocenters. The average molecular weight is 354 g/mol. The summed E-state index contributed by atoms with van der Waals surface area (Å²) in [6.45, 7) is 0. The predicted octanol–water partition coefficient (Wildman–Crippen LogP) is 1.24. The second-order valence-corrected chi connectivity index (χ2v) is 4.22. The number of hydrogen-bond acceptors (Lipinski definition) is 5. The molecule has 0 heterocycles. The summed E-state index contributed by atoms with van der Waals surface area (Å²) in [7, 11) is -4.26. The van der Waals surface area contributed by atoms with Gasteiger partial charge in [0.2, 0.25) is 0 Å². The molecule has 0 bridgehead atoms. The van der Waals surface area contributed by atoms with Crippen LogP contribution in [0.15, 0.2) is 24.3 Å². The van der Waals surface area contributed by atoms with Crippen LogP contribution < -0.4 is 16.0 Å². The number of halogens is 4. The molecule has 6 N–H and O–H groups in total. The summed E-state index contributed by atoms with van der Waals surface area (Å²) in [5.74, 6) is 2.35. The lowest BCUT2D eigenvalue weighted by atomic mass is 10.3. The van der Waals surface area contributed by atoms with Gasteiger partial charge in [0.15, 0.2) is 0 Å². The summed E-state index contributed by atoms with van der Waals surface area (Å²) in [4.78, 5) is 8.90. The first kappa shape index (κ1) is 21.5. The van der Waals surface area contributed by atoms with Crippen molar-refractivity contribution in [1.82, 2.24) is 0 Å². The second-order valence-electron chi connectivity index (χ2n) is 3.07. The largest absolute Gasteiger partial charge is 0.490 e. The van der Waals surface area contributed by atoms with Crippen LogP contribution >= 0.6 is 12.4 Å². The smallest absolute Gasteiger partial charge is 0.475 e. The van der Waals surface area contributed by atoms with E-state index in [-0.39, 0.29) is 18.1 Å². The maximum Gasteiger partial charge on any atom is 0.490 e. The van der Waals surface area contributed by atoms with Gasteiger partial charge in [-0.3, -0.25) is 15.1 Å². The van der Waals surface area contributed by atoms with Gasteiger partial charge in [-0.25, -0.2) is 4.79 Å². The van der Waals surface area contributed by atoms with Gasteiger partial charge in [-0.15, -0.1) is 12.4 Å². The molecule has 0 aromatic heterocycles. The Balaban J connectivity index is 0. The number of carbonyl (C=O) groups is 1. The summed E-state index contributed by atoms with van der Waals surface area (Å²) in [6.07, 6.45) is -5.08. The molecule has 0 aliphatic heterocycles. The van der Waals surface area contributed by atoms with Crippen molar-refractivity contribution in [1.29, 1.82) is 0 Å². The van der Waals surface area contributed by atoms with Gasteiger partial charge in [0.25, 0.3) is 0 Å². The number of alkyl halides is 3. The molecule has 0 spiro atoms. The van der Waals surface area contributed by atoms with Crippen LogP contribution in [0, 0.1) is 0 Å². The van der Waals surface area contributed by atoms with E-state index in [0.29, 0.717) is 5.69 Å². The van der Waals surface area contributed by atoms with Crippen LogP contribution in [0.5, 0.6) is 0 Å². The molecular formula is C8H11ClF3N3O5S. The Hall–Kier alpha value is -1.76. The number of anilines is 2. The number of benzene rings is 1. The first-order chi connectivity index (χ1) is 8.97. The van der Waals surface area contributed by atoms with E-state index in [2.05, 4.69) is 5.43 Å². The molecule has 122 valence electrons. The van der Waals surface area contributed by atoms with Gasteiger partial charge in [-0.1, -0.05) is 12.1 Å². The third-order valence-electron chi connectivity index (χ3n) is 1.56. The minimum Gasteiger partial charge on any atom is -0.475 e. The van der Waals surface area contributed by atoms with Gasteiger partial charge in [-0.2, -0.15) is 21.6 Å². The minimum absolute atomic E-state index is 0. The van der Waals surface area contributed by atoms with E-state index in [1.54, 1.807) is 18.2 Å². The number of aliphatic carboxylic acids is 1. The normalized spacial score (nSPS) is 10.5. The number of nitrogen functional groups attached to an aromatic ring is 1. The molecule has 21 heavy (non-hydrogen) atoms. The average Bonchev–Trinajstić information content (AvgIpc) is 2.27. The molecular weight excluding hydrogens is 343 g/mol. The number of rotatable bonds is 3. The van der Waals surface area contributed by atoms with E-state index in [0.717, 1.165) is 0 Å². The van der Waals surface area contributed by atoms with E-state index in [1.807, 2.05) is 4.72 Å². The summed E-state index contributed by atoms with van der Waals surface area (Å²) in [5, 5.41) is 7.12. The van der Waals surface area contributed by atoms with Crippen molar-refractivity contribution in [3.8, 4) is 0 Å². The van der Waals surface area contributed by atoms with Crippen LogP contribution in [0.4, 0.5) is 24.5 Å². The number of nitrogens with one attached hydrogen (secondary N) is 2. The molecule has 0 saturated heterocycles. The lowest BCUT2D eigenvalue weighted by Crippen LogP contribution is -2.21. The fourth-order valence-electron chi connectivity index (χ4n) is 0.837. The molecule has 0 amide bonds. The SMILES string of the molecule is Cl.NNc1ccccc1NS(=O)(=O)O.O=C(O)C(F)(F)F. The van der Waals surface area contributed by atoms with E-state index < -0.39 is 22.4 Å². The van der Waals surface area contributed by atoms with Gasteiger partial charge in [-0.05, 0) is 12.1 Å². The maximum absolute atomic E-state index is 10.6. The topological polar surface area (TPSA) is 142 Å². The van der Waals surface area contributed by atoms with Gasteiger partial charge >= 0.3 is 22.4 Å². The lowest BCUT2D eigenvalue weighted by molar-refractivity contribution is -0.192. The van der Waals surface area contributed by atoms with Crippen molar-refractivity contribution in [2.75, 3.05) is 10.1 Å². The van der Waals surface area contributed by atoms with Crippen molar-refractivity contribution < 1.29 is 36.0 Å². The van der Waals surface area contributed by atoms with Crippen molar-refractivity contribution in [3.63, 3.8) is 0 Å². The number of para-hydroxylation sites is 2. The molecule has 1 rings (SSSR count). The third kappa shape index (κ3) is 9.73. The Labute approximate surface area is 123 Å². The Bertz CT molecular complexity index is 567. The maximum atomic E-state index is 10.6. The van der Waals surface area contributed by atoms with E-state index in [4.69, 9.17) is 20.3 Å². The fraction of sp³-hybridized carbons (Fsp3) is 0.125. The second kappa shape index (κ2) is 8.51. The number of hydrogen-bond donors (Lipinski definition) is 5. The van der Waals surface area contributed by atoms with Crippen molar-refractivity contribution in [2.24, 2.45) is 5.84 Å². The molecule has 8 nitrogen and oxygen atoms in total. The monoisotopic (exact) mass is 353 g/mol. The van der Waals surface area contributed by atoms with Crippen LogP contribution in [0.1, 0.15) is 0 Å². The molecule has 0 aliphatic rings. The van der Waals surface area contributed by atoms with Crippen LogP contribution in [0.25, 0.3) is 0 Å². The lowest BCUT2D eigenvalue weighted by Gasteiger charge is -2.07. The minimum atomic E-state index is -5.08. The molecule has 0 atom stereocenters. The summed E-state index contributed by atoms with van der Waals surface area (Å²) < 4.78 is 63.0. The number of hydrazine groups is 1. The van der Waals surface area contributed by atoms with E-state index in [9.17, 15) is 21.6 Å². The Morgan fingerprint density at radius 3 is 1.86 bits per heavy atom. The summed E-state index contributed by atoms with van der Waals surface area (Å²) in [5.41, 5.74) is 2.84. The highest BCUT2D eigenvalue weighted by Crippen LogP contribution is 2.20. The van der Waals surface area contributed by atoms with Crippen LogP contribution in [-0.4, -0.2) is 30.2 Å². The fourth-order valence-corrected chi connectivity index (χ4v) is 1.29. The van der Waals surface area contributed by atoms with E-state index >= 15 is 0 Å². The molecule has 0 fully saturated rings. The quantitative estimate of drug-likeness (QED) is 0.312. The summed E-state index contributed by atoms with van der Waals surface area (Å²) >= 11 is 0. The zero-order valence-corrected chi connectivity index (χ0v) is 11.6. The standard InChI is InChI=1S/C6H9N3O3S.C2HF3O2.ClH/c7-8-5-3-1-2-4-6(5)9-13(10,11)12;3-2(4,5)1(6)7;/h1-4,8-9H,7H2,(H,10,11,12);(H,6,7);1H. The summed E-state index contributed by atoms with van der Waals surface area (Å²) in [6, 6.07) is 6.30. The molecule has 0 aliphatic carbocycles. The first-order valence-electron chi connectivity index (χ1n) is 4.58. The van der Waals surface area contributed by atoms with Crippen LogP contribution in [-0.2, 0) is 15.1 Å². The van der Waals surface area contributed by atoms with E-state index in [1.165, 1.54) is 6.07 Å². The van der Waals surface area contributed by atoms with Gasteiger partial charge in [0.05, 0.1) is 11.4 Å². The highest BCUT2D eigenvalue weighted by Gasteiger charge is 2.38. The number of nitrogens with two attached hydrogens (primary N) is 1. The highest BCUT2D eigenvalue weighted by molar-refractivity contribution is 7.87. The predicted molar refractivity (Wildman–Crippen MR) is 70.4 cm³/mol. The Morgan fingerprint density at radius 1 is 1.19 bits per heavy atom. The van der Waals surface area contributed by atoms with Crippen molar-refractivity contribution in [2.45, 2.75) is 6.18 Å². The van der Waals surface area contributed by atoms with Crippen molar-refractivity contribution >= 4 is 40.1 Å².